The van der Waals surface area contributed by atoms with E-state index in [2.05, 4.69) is 12.2 Å². The molecular weight excluding hydrogens is 226 g/mol. The minimum Gasteiger partial charge on any atom is -0.381 e. The van der Waals surface area contributed by atoms with Crippen molar-refractivity contribution in [3.63, 3.8) is 0 Å². The quantitative estimate of drug-likeness (QED) is 0.791. The van der Waals surface area contributed by atoms with E-state index in [1.54, 1.807) is 0 Å². The zero-order chi connectivity index (χ0) is 12.8. The van der Waals surface area contributed by atoms with Crippen molar-refractivity contribution in [1.29, 1.82) is 0 Å². The highest BCUT2D eigenvalue weighted by atomic mass is 16.5. The zero-order valence-electron chi connectivity index (χ0n) is 12.0. The van der Waals surface area contributed by atoms with Crippen LogP contribution in [0.4, 0.5) is 0 Å². The molecule has 0 bridgehead atoms. The van der Waals surface area contributed by atoms with E-state index in [1.165, 1.54) is 32.1 Å². The second kappa shape index (κ2) is 7.46. The topological polar surface area (TPSA) is 30.5 Å². The van der Waals surface area contributed by atoms with E-state index in [9.17, 15) is 0 Å². The maximum Gasteiger partial charge on any atom is 0.0623 e. The first kappa shape index (κ1) is 14.3. The summed E-state index contributed by atoms with van der Waals surface area (Å²) in [7, 11) is 2.04. The van der Waals surface area contributed by atoms with Gasteiger partial charge in [-0.3, -0.25) is 0 Å². The first-order chi connectivity index (χ1) is 8.79. The normalized spacial score (nSPS) is 34.7. The number of likely N-dealkylation sites (N-methyl/N-ethyl adjacent to an activating group) is 1. The molecule has 4 unspecified atom stereocenters. The highest BCUT2D eigenvalue weighted by Crippen LogP contribution is 2.28. The summed E-state index contributed by atoms with van der Waals surface area (Å²) in [5.74, 6) is 2.34. The van der Waals surface area contributed by atoms with E-state index in [4.69, 9.17) is 9.47 Å². The first-order valence-corrected chi connectivity index (χ1v) is 7.62. The third-order valence-electron chi connectivity index (χ3n) is 4.60. The molecule has 0 aromatic rings. The first-order valence-electron chi connectivity index (χ1n) is 7.62. The van der Waals surface area contributed by atoms with Crippen LogP contribution in [0.3, 0.4) is 0 Å². The van der Waals surface area contributed by atoms with Crippen LogP contribution >= 0.6 is 0 Å². The third kappa shape index (κ3) is 4.22. The molecule has 1 N–H and O–H groups in total. The molecule has 18 heavy (non-hydrogen) atoms. The van der Waals surface area contributed by atoms with Gasteiger partial charge in [-0.1, -0.05) is 19.8 Å². The Morgan fingerprint density at radius 2 is 2.22 bits per heavy atom. The van der Waals surface area contributed by atoms with Crippen LogP contribution in [0.5, 0.6) is 0 Å². The summed E-state index contributed by atoms with van der Waals surface area (Å²) in [6, 6.07) is 0.466. The molecule has 0 spiro atoms. The van der Waals surface area contributed by atoms with E-state index >= 15 is 0 Å². The molecule has 2 fully saturated rings. The van der Waals surface area contributed by atoms with Crippen molar-refractivity contribution < 1.29 is 9.47 Å². The Morgan fingerprint density at radius 1 is 1.33 bits per heavy atom. The van der Waals surface area contributed by atoms with Crippen LogP contribution in [-0.4, -0.2) is 39.5 Å². The SMILES string of the molecule is CNC(COCC1CCCC(C)C1)C1CCOC1. The standard InChI is InChI=1S/C15H29NO2/c1-12-4-3-5-13(8-12)9-18-11-15(16-2)14-6-7-17-10-14/h12-16H,3-11H2,1-2H3. The lowest BCUT2D eigenvalue weighted by molar-refractivity contribution is 0.0504. The highest BCUT2D eigenvalue weighted by Gasteiger charge is 2.25. The van der Waals surface area contributed by atoms with E-state index in [1.807, 2.05) is 7.05 Å². The van der Waals surface area contributed by atoms with Crippen LogP contribution < -0.4 is 5.32 Å². The summed E-state index contributed by atoms with van der Waals surface area (Å²) in [6.45, 7) is 5.99. The van der Waals surface area contributed by atoms with Gasteiger partial charge in [0, 0.05) is 25.2 Å². The van der Waals surface area contributed by atoms with Gasteiger partial charge in [0.05, 0.1) is 13.2 Å². The number of hydrogen-bond donors (Lipinski definition) is 1. The Balaban J connectivity index is 1.63. The van der Waals surface area contributed by atoms with Gasteiger partial charge in [-0.15, -0.1) is 0 Å². The molecule has 1 heterocycles. The molecule has 0 amide bonds. The Bertz CT molecular complexity index is 229. The van der Waals surface area contributed by atoms with Crippen LogP contribution in [-0.2, 0) is 9.47 Å². The van der Waals surface area contributed by atoms with Crippen molar-refractivity contribution in [1.82, 2.24) is 5.32 Å². The highest BCUT2D eigenvalue weighted by molar-refractivity contribution is 4.78. The second-order valence-electron chi connectivity index (χ2n) is 6.19. The lowest BCUT2D eigenvalue weighted by atomic mass is 9.83. The van der Waals surface area contributed by atoms with Gasteiger partial charge < -0.3 is 14.8 Å². The molecule has 4 atom stereocenters. The summed E-state index contributed by atoms with van der Waals surface area (Å²) in [4.78, 5) is 0. The summed E-state index contributed by atoms with van der Waals surface area (Å²) >= 11 is 0. The van der Waals surface area contributed by atoms with Gasteiger partial charge in [0.1, 0.15) is 0 Å². The average Bonchev–Trinajstić information content (AvgIpc) is 2.88. The molecule has 106 valence electrons. The number of nitrogens with one attached hydrogen (secondary N) is 1. The van der Waals surface area contributed by atoms with E-state index in [0.29, 0.717) is 12.0 Å². The van der Waals surface area contributed by atoms with Gasteiger partial charge in [-0.05, 0) is 38.1 Å². The summed E-state index contributed by atoms with van der Waals surface area (Å²) in [6.07, 6.45) is 6.70. The minimum atomic E-state index is 0.466. The van der Waals surface area contributed by atoms with Crippen molar-refractivity contribution in [3.05, 3.63) is 0 Å². The Morgan fingerprint density at radius 3 is 2.89 bits per heavy atom. The monoisotopic (exact) mass is 255 g/mol. The van der Waals surface area contributed by atoms with Crippen molar-refractivity contribution in [3.8, 4) is 0 Å². The van der Waals surface area contributed by atoms with Crippen LogP contribution in [0.1, 0.15) is 39.0 Å². The summed E-state index contributed by atoms with van der Waals surface area (Å²) < 4.78 is 11.4. The molecule has 0 aromatic carbocycles. The fourth-order valence-corrected chi connectivity index (χ4v) is 3.40. The lowest BCUT2D eigenvalue weighted by Crippen LogP contribution is -2.38. The molecule has 1 aliphatic carbocycles. The van der Waals surface area contributed by atoms with E-state index < -0.39 is 0 Å². The maximum atomic E-state index is 5.97. The molecule has 1 aliphatic heterocycles. The van der Waals surface area contributed by atoms with Crippen molar-refractivity contribution in [2.75, 3.05) is 33.5 Å². The zero-order valence-corrected chi connectivity index (χ0v) is 12.0. The van der Waals surface area contributed by atoms with Gasteiger partial charge in [-0.2, -0.15) is 0 Å². The second-order valence-corrected chi connectivity index (χ2v) is 6.19. The van der Waals surface area contributed by atoms with Gasteiger partial charge in [0.25, 0.3) is 0 Å². The van der Waals surface area contributed by atoms with Crippen LogP contribution in [0, 0.1) is 17.8 Å². The number of ether oxygens (including phenoxy) is 2. The lowest BCUT2D eigenvalue weighted by Gasteiger charge is -2.28. The summed E-state index contributed by atoms with van der Waals surface area (Å²) in [5.41, 5.74) is 0. The Hall–Kier alpha value is -0.120. The molecule has 3 heteroatoms. The predicted octanol–water partition coefficient (Wildman–Crippen LogP) is 2.45. The van der Waals surface area contributed by atoms with Crippen molar-refractivity contribution >= 4 is 0 Å². The fraction of sp³-hybridized carbons (Fsp3) is 1.00. The van der Waals surface area contributed by atoms with Crippen LogP contribution in [0.15, 0.2) is 0 Å². The van der Waals surface area contributed by atoms with E-state index in [0.717, 1.165) is 38.3 Å². The van der Waals surface area contributed by atoms with Crippen molar-refractivity contribution in [2.45, 2.75) is 45.1 Å². The Labute approximate surface area is 112 Å². The number of rotatable bonds is 6. The molecule has 1 saturated heterocycles. The molecule has 2 rings (SSSR count). The van der Waals surface area contributed by atoms with Crippen LogP contribution in [0.2, 0.25) is 0 Å². The minimum absolute atomic E-state index is 0.466. The molecule has 0 aromatic heterocycles. The molecule has 0 radical (unpaired) electrons. The van der Waals surface area contributed by atoms with Gasteiger partial charge in [0.15, 0.2) is 0 Å². The smallest absolute Gasteiger partial charge is 0.0623 e. The maximum absolute atomic E-state index is 5.97. The van der Waals surface area contributed by atoms with Crippen molar-refractivity contribution in [2.24, 2.45) is 17.8 Å². The van der Waals surface area contributed by atoms with Crippen LogP contribution in [0.25, 0.3) is 0 Å². The van der Waals surface area contributed by atoms with Gasteiger partial charge >= 0.3 is 0 Å². The fourth-order valence-electron chi connectivity index (χ4n) is 3.40. The van der Waals surface area contributed by atoms with E-state index in [-0.39, 0.29) is 0 Å². The molecule has 3 nitrogen and oxygen atoms in total. The molecule has 2 aliphatic rings. The predicted molar refractivity (Wildman–Crippen MR) is 73.7 cm³/mol. The average molecular weight is 255 g/mol. The van der Waals surface area contributed by atoms with Gasteiger partial charge in [-0.25, -0.2) is 0 Å². The largest absolute Gasteiger partial charge is 0.381 e. The Kier molecular flexibility index (Phi) is 5.93. The van der Waals surface area contributed by atoms with Gasteiger partial charge in [0.2, 0.25) is 0 Å². The number of hydrogen-bond acceptors (Lipinski definition) is 3. The molecule has 1 saturated carbocycles. The molecular formula is C15H29NO2. The third-order valence-corrected chi connectivity index (χ3v) is 4.60. The summed E-state index contributed by atoms with van der Waals surface area (Å²) in [5, 5.41) is 3.39.